The maximum atomic E-state index is 6.06. The van der Waals surface area contributed by atoms with Crippen molar-refractivity contribution >= 4 is 0 Å². The molecule has 0 radical (unpaired) electrons. The highest BCUT2D eigenvalue weighted by molar-refractivity contribution is 4.85. The topological polar surface area (TPSA) is 18.5 Å². The van der Waals surface area contributed by atoms with E-state index in [0.717, 1.165) is 6.42 Å². The molecule has 1 heterocycles. The maximum Gasteiger partial charge on any atom is 0.160 e. The number of rotatable bonds is 2. The normalized spacial score (nSPS) is 41.6. The van der Waals surface area contributed by atoms with E-state index in [-0.39, 0.29) is 6.29 Å². The van der Waals surface area contributed by atoms with Crippen molar-refractivity contribution in [2.24, 2.45) is 11.8 Å². The second kappa shape index (κ2) is 4.84. The molecule has 15 heavy (non-hydrogen) atoms. The summed E-state index contributed by atoms with van der Waals surface area (Å²) in [6.45, 7) is 6.60. The molecular formula is C13H24O2. The van der Waals surface area contributed by atoms with Crippen molar-refractivity contribution in [1.29, 1.82) is 0 Å². The molecule has 2 rings (SSSR count). The van der Waals surface area contributed by atoms with Crippen LogP contribution in [0.3, 0.4) is 0 Å². The van der Waals surface area contributed by atoms with E-state index in [1.165, 1.54) is 25.7 Å². The molecule has 1 aliphatic carbocycles. The van der Waals surface area contributed by atoms with Crippen molar-refractivity contribution in [2.45, 2.75) is 71.4 Å². The largest absolute Gasteiger partial charge is 0.349 e. The van der Waals surface area contributed by atoms with Crippen LogP contribution < -0.4 is 0 Å². The number of ether oxygens (including phenoxy) is 2. The first kappa shape index (κ1) is 11.4. The molecule has 88 valence electrons. The van der Waals surface area contributed by atoms with Crippen LogP contribution in [-0.2, 0) is 9.47 Å². The fraction of sp³-hybridized carbons (Fsp3) is 1.00. The summed E-state index contributed by atoms with van der Waals surface area (Å²) in [4.78, 5) is 0. The van der Waals surface area contributed by atoms with Gasteiger partial charge in [-0.05, 0) is 19.3 Å². The zero-order valence-electron chi connectivity index (χ0n) is 10.2. The number of fused-ring (bicyclic) bond motifs is 1. The first-order valence-corrected chi connectivity index (χ1v) is 6.53. The summed E-state index contributed by atoms with van der Waals surface area (Å²) in [7, 11) is 0. The van der Waals surface area contributed by atoms with Crippen molar-refractivity contribution in [1.82, 2.24) is 0 Å². The van der Waals surface area contributed by atoms with E-state index < -0.39 is 0 Å². The summed E-state index contributed by atoms with van der Waals surface area (Å²) in [5, 5.41) is 0. The monoisotopic (exact) mass is 212 g/mol. The SMILES string of the molecule is CCC1OC(C(C)C)OC2CCCCC12. The summed E-state index contributed by atoms with van der Waals surface area (Å²) < 4.78 is 12.1. The first-order valence-electron chi connectivity index (χ1n) is 6.53. The van der Waals surface area contributed by atoms with Gasteiger partial charge in [0.2, 0.25) is 0 Å². The molecule has 2 heteroatoms. The van der Waals surface area contributed by atoms with Gasteiger partial charge in [0.15, 0.2) is 6.29 Å². The predicted octanol–water partition coefficient (Wildman–Crippen LogP) is 3.35. The van der Waals surface area contributed by atoms with Crippen LogP contribution in [0, 0.1) is 11.8 Å². The van der Waals surface area contributed by atoms with Crippen LogP contribution in [0.25, 0.3) is 0 Å². The molecule has 2 nitrogen and oxygen atoms in total. The predicted molar refractivity (Wildman–Crippen MR) is 60.6 cm³/mol. The van der Waals surface area contributed by atoms with E-state index in [1.807, 2.05) is 0 Å². The minimum absolute atomic E-state index is 0.0364. The highest BCUT2D eigenvalue weighted by Gasteiger charge is 2.40. The molecule has 0 aromatic heterocycles. The van der Waals surface area contributed by atoms with Crippen LogP contribution in [0.4, 0.5) is 0 Å². The Morgan fingerprint density at radius 3 is 2.53 bits per heavy atom. The van der Waals surface area contributed by atoms with E-state index in [2.05, 4.69) is 20.8 Å². The minimum atomic E-state index is 0.0364. The number of hydrogen-bond donors (Lipinski definition) is 0. The fourth-order valence-electron chi connectivity index (χ4n) is 2.91. The van der Waals surface area contributed by atoms with Gasteiger partial charge in [-0.2, -0.15) is 0 Å². The molecule has 1 aliphatic heterocycles. The molecule has 2 fully saturated rings. The first-order chi connectivity index (χ1) is 7.22. The Bertz CT molecular complexity index is 195. The lowest BCUT2D eigenvalue weighted by Gasteiger charge is -2.45. The third-order valence-electron chi connectivity index (χ3n) is 3.80. The molecule has 0 N–H and O–H groups in total. The summed E-state index contributed by atoms with van der Waals surface area (Å²) in [6.07, 6.45) is 7.32. The van der Waals surface area contributed by atoms with Crippen LogP contribution >= 0.6 is 0 Å². The zero-order chi connectivity index (χ0) is 10.8. The van der Waals surface area contributed by atoms with Gasteiger partial charge in [-0.15, -0.1) is 0 Å². The molecule has 0 amide bonds. The summed E-state index contributed by atoms with van der Waals surface area (Å²) in [5.74, 6) is 1.14. The highest BCUT2D eigenvalue weighted by Crippen LogP contribution is 2.38. The van der Waals surface area contributed by atoms with Crippen LogP contribution in [0.1, 0.15) is 52.9 Å². The van der Waals surface area contributed by atoms with Gasteiger partial charge in [-0.3, -0.25) is 0 Å². The highest BCUT2D eigenvalue weighted by atomic mass is 16.7. The second-order valence-electron chi connectivity index (χ2n) is 5.32. The zero-order valence-corrected chi connectivity index (χ0v) is 10.2. The van der Waals surface area contributed by atoms with Gasteiger partial charge in [0.1, 0.15) is 0 Å². The third kappa shape index (κ3) is 2.36. The molecule has 0 aromatic carbocycles. The van der Waals surface area contributed by atoms with Crippen molar-refractivity contribution < 1.29 is 9.47 Å². The molecule has 1 saturated carbocycles. The lowest BCUT2D eigenvalue weighted by Crippen LogP contribution is -2.48. The molecular weight excluding hydrogens is 188 g/mol. The van der Waals surface area contributed by atoms with Crippen LogP contribution in [0.5, 0.6) is 0 Å². The van der Waals surface area contributed by atoms with Gasteiger partial charge in [0.05, 0.1) is 12.2 Å². The van der Waals surface area contributed by atoms with Gasteiger partial charge in [0, 0.05) is 11.8 Å². The van der Waals surface area contributed by atoms with Crippen molar-refractivity contribution in [3.8, 4) is 0 Å². The Morgan fingerprint density at radius 1 is 1.13 bits per heavy atom. The molecule has 2 aliphatic rings. The number of hydrogen-bond acceptors (Lipinski definition) is 2. The Labute approximate surface area is 93.3 Å². The second-order valence-corrected chi connectivity index (χ2v) is 5.32. The Kier molecular flexibility index (Phi) is 3.68. The van der Waals surface area contributed by atoms with Gasteiger partial charge in [-0.1, -0.05) is 33.6 Å². The average Bonchev–Trinajstić information content (AvgIpc) is 2.27. The van der Waals surface area contributed by atoms with E-state index in [4.69, 9.17) is 9.47 Å². The van der Waals surface area contributed by atoms with Gasteiger partial charge in [-0.25, -0.2) is 0 Å². The van der Waals surface area contributed by atoms with Crippen molar-refractivity contribution in [3.05, 3.63) is 0 Å². The van der Waals surface area contributed by atoms with E-state index in [1.54, 1.807) is 0 Å². The van der Waals surface area contributed by atoms with Gasteiger partial charge >= 0.3 is 0 Å². The Hall–Kier alpha value is -0.0800. The summed E-state index contributed by atoms with van der Waals surface area (Å²) in [5.41, 5.74) is 0. The van der Waals surface area contributed by atoms with Crippen LogP contribution in [-0.4, -0.2) is 18.5 Å². The lowest BCUT2D eigenvalue weighted by atomic mass is 9.81. The Morgan fingerprint density at radius 2 is 1.87 bits per heavy atom. The Balaban J connectivity index is 2.03. The van der Waals surface area contributed by atoms with Crippen LogP contribution in [0.2, 0.25) is 0 Å². The van der Waals surface area contributed by atoms with E-state index >= 15 is 0 Å². The van der Waals surface area contributed by atoms with Crippen molar-refractivity contribution in [3.63, 3.8) is 0 Å². The molecule has 0 spiro atoms. The van der Waals surface area contributed by atoms with Crippen molar-refractivity contribution in [2.75, 3.05) is 0 Å². The summed E-state index contributed by atoms with van der Waals surface area (Å²) >= 11 is 0. The van der Waals surface area contributed by atoms with Crippen LogP contribution in [0.15, 0.2) is 0 Å². The molecule has 4 atom stereocenters. The quantitative estimate of drug-likeness (QED) is 0.699. The molecule has 0 bridgehead atoms. The smallest absolute Gasteiger partial charge is 0.160 e. The average molecular weight is 212 g/mol. The maximum absolute atomic E-state index is 6.06. The molecule has 0 aromatic rings. The minimum Gasteiger partial charge on any atom is -0.349 e. The summed E-state index contributed by atoms with van der Waals surface area (Å²) in [6, 6.07) is 0. The van der Waals surface area contributed by atoms with E-state index in [9.17, 15) is 0 Å². The van der Waals surface area contributed by atoms with Gasteiger partial charge in [0.25, 0.3) is 0 Å². The standard InChI is InChI=1S/C13H24O2/c1-4-11-10-7-5-6-8-12(10)15-13(14-11)9(2)3/h9-13H,4-8H2,1-3H3. The molecule has 4 unspecified atom stereocenters. The fourth-order valence-corrected chi connectivity index (χ4v) is 2.91. The van der Waals surface area contributed by atoms with Gasteiger partial charge < -0.3 is 9.47 Å². The molecule has 1 saturated heterocycles. The lowest BCUT2D eigenvalue weighted by molar-refractivity contribution is -0.289. The third-order valence-corrected chi connectivity index (χ3v) is 3.80. The van der Waals surface area contributed by atoms with E-state index in [0.29, 0.717) is 24.0 Å².